The molecule has 0 saturated carbocycles. The number of thiophene rings is 1. The van der Waals surface area contributed by atoms with E-state index >= 15 is 0 Å². The van der Waals surface area contributed by atoms with Crippen molar-refractivity contribution in [2.75, 3.05) is 22.5 Å². The van der Waals surface area contributed by atoms with E-state index in [0.717, 1.165) is 33.0 Å². The van der Waals surface area contributed by atoms with Crippen molar-refractivity contribution in [2.45, 2.75) is 12.6 Å². The quantitative estimate of drug-likeness (QED) is 0.311. The maximum absolute atomic E-state index is 14.0. The Morgan fingerprint density at radius 1 is 1.09 bits per heavy atom. The topological polar surface area (TPSA) is 91.8 Å². The molecule has 3 N–H and O–H groups in total. The lowest BCUT2D eigenvalue weighted by Gasteiger charge is -2.12. The molecule has 7 nitrogen and oxygen atoms in total. The van der Waals surface area contributed by atoms with Gasteiger partial charge in [0.05, 0.1) is 21.5 Å². The number of amides is 2. The third-order valence-corrected chi connectivity index (χ3v) is 6.12. The third kappa shape index (κ3) is 4.94. The summed E-state index contributed by atoms with van der Waals surface area (Å²) >= 11 is 2.73. The molecule has 32 heavy (non-hydrogen) atoms. The van der Waals surface area contributed by atoms with Crippen molar-refractivity contribution in [3.8, 4) is 0 Å². The smallest absolute Gasteiger partial charge is 0.368 e. The molecule has 13 heteroatoms. The Labute approximate surface area is 186 Å². The Kier molecular flexibility index (Phi) is 6.19. The number of benzene rings is 1. The first-order valence-corrected chi connectivity index (χ1v) is 10.8. The molecule has 166 valence electrons. The van der Waals surface area contributed by atoms with Crippen LogP contribution in [-0.4, -0.2) is 27.5 Å². The molecule has 1 aromatic carbocycles. The van der Waals surface area contributed by atoms with Crippen molar-refractivity contribution in [2.24, 2.45) is 0 Å². The van der Waals surface area contributed by atoms with E-state index in [4.69, 9.17) is 0 Å². The number of nitrogens with one attached hydrogen (secondary N) is 3. The number of hydrogen-bond donors (Lipinski definition) is 3. The number of fused-ring (bicyclic) bond motifs is 1. The molecule has 0 aliphatic carbocycles. The molecule has 0 aliphatic heterocycles. The molecule has 0 radical (unpaired) electrons. The second kappa shape index (κ2) is 9.04. The predicted molar refractivity (Wildman–Crippen MR) is 116 cm³/mol. The summed E-state index contributed by atoms with van der Waals surface area (Å²) in [6.07, 6.45) is -1.21. The highest BCUT2D eigenvalue weighted by Gasteiger charge is 2.35. The van der Waals surface area contributed by atoms with Gasteiger partial charge in [-0.15, -0.1) is 22.7 Å². The Bertz CT molecular complexity index is 1260. The maximum Gasteiger partial charge on any atom is 0.419 e. The minimum absolute atomic E-state index is 0.229. The van der Waals surface area contributed by atoms with E-state index in [0.29, 0.717) is 19.0 Å². The Morgan fingerprint density at radius 3 is 2.75 bits per heavy atom. The molecule has 0 spiro atoms. The number of halogens is 4. The zero-order valence-electron chi connectivity index (χ0n) is 16.0. The lowest BCUT2D eigenvalue weighted by Crippen LogP contribution is -2.21. The number of nitrogens with zero attached hydrogens (tertiary/aromatic N) is 3. The summed E-state index contributed by atoms with van der Waals surface area (Å²) in [7, 11) is 0. The summed E-state index contributed by atoms with van der Waals surface area (Å²) < 4.78 is 53.4. The molecule has 0 fully saturated rings. The highest BCUT2D eigenvalue weighted by atomic mass is 32.1. The Morgan fingerprint density at radius 2 is 1.94 bits per heavy atom. The number of rotatable bonds is 6. The maximum atomic E-state index is 14.0. The van der Waals surface area contributed by atoms with Gasteiger partial charge in [0, 0.05) is 24.0 Å². The van der Waals surface area contributed by atoms with Gasteiger partial charge in [0.15, 0.2) is 10.9 Å². The molecular weight excluding hydrogens is 468 g/mol. The van der Waals surface area contributed by atoms with Crippen molar-refractivity contribution >= 4 is 55.6 Å². The van der Waals surface area contributed by atoms with E-state index in [2.05, 4.69) is 30.9 Å². The summed E-state index contributed by atoms with van der Waals surface area (Å²) in [6.45, 7) is 0.563. The molecule has 3 heterocycles. The van der Waals surface area contributed by atoms with Gasteiger partial charge in [-0.2, -0.15) is 13.2 Å². The zero-order chi connectivity index (χ0) is 22.7. The SMILES string of the molecule is O=C(Nc1ncc(CCNc2ncnc3ccsc23)s1)Nc1cccc(C(F)(F)F)c1F. The van der Waals surface area contributed by atoms with E-state index in [1.165, 1.54) is 29.0 Å². The van der Waals surface area contributed by atoms with Gasteiger partial charge in [-0.3, -0.25) is 5.32 Å². The summed E-state index contributed by atoms with van der Waals surface area (Å²) in [5, 5.41) is 9.87. The van der Waals surface area contributed by atoms with Crippen LogP contribution in [0.4, 0.5) is 39.0 Å². The monoisotopic (exact) mass is 482 g/mol. The first-order chi connectivity index (χ1) is 15.3. The van der Waals surface area contributed by atoms with Crippen LogP contribution in [0, 0.1) is 5.82 Å². The van der Waals surface area contributed by atoms with Gasteiger partial charge >= 0.3 is 12.2 Å². The predicted octanol–water partition coefficient (Wildman–Crippen LogP) is 5.60. The standard InChI is InChI=1S/C19H14F4N6OS2/c20-14-11(19(21,22)23)2-1-3-12(14)28-17(30)29-18-25-8-10(32-18)4-6-24-16-15-13(5-7-31-15)26-9-27-16/h1-3,5,7-9H,4,6H2,(H,24,26,27)(H2,25,28,29,30). The van der Waals surface area contributed by atoms with Gasteiger partial charge in [-0.05, 0) is 23.6 Å². The van der Waals surface area contributed by atoms with Crippen molar-refractivity contribution in [3.63, 3.8) is 0 Å². The fourth-order valence-electron chi connectivity index (χ4n) is 2.80. The van der Waals surface area contributed by atoms with Crippen LogP contribution in [0.3, 0.4) is 0 Å². The summed E-state index contributed by atoms with van der Waals surface area (Å²) in [6, 6.07) is 3.66. The van der Waals surface area contributed by atoms with E-state index in [1.54, 1.807) is 6.20 Å². The van der Waals surface area contributed by atoms with Crippen molar-refractivity contribution < 1.29 is 22.4 Å². The minimum atomic E-state index is -4.86. The van der Waals surface area contributed by atoms with Crippen LogP contribution in [0.2, 0.25) is 0 Å². The van der Waals surface area contributed by atoms with Crippen molar-refractivity contribution in [3.05, 3.63) is 58.4 Å². The van der Waals surface area contributed by atoms with E-state index in [9.17, 15) is 22.4 Å². The van der Waals surface area contributed by atoms with Gasteiger partial charge < -0.3 is 10.6 Å². The average molecular weight is 482 g/mol. The average Bonchev–Trinajstić information content (AvgIpc) is 3.38. The Hall–Kier alpha value is -3.32. The van der Waals surface area contributed by atoms with E-state index < -0.39 is 29.3 Å². The van der Waals surface area contributed by atoms with Crippen LogP contribution < -0.4 is 16.0 Å². The molecule has 3 aromatic heterocycles. The normalized spacial score (nSPS) is 11.5. The fourth-order valence-corrected chi connectivity index (χ4v) is 4.42. The van der Waals surface area contributed by atoms with Crippen LogP contribution in [-0.2, 0) is 12.6 Å². The first kappa shape index (κ1) is 21.9. The van der Waals surface area contributed by atoms with Gasteiger partial charge in [0.1, 0.15) is 12.1 Å². The molecule has 2 amide bonds. The molecule has 0 bridgehead atoms. The number of aromatic nitrogens is 3. The van der Waals surface area contributed by atoms with Crippen LogP contribution in [0.5, 0.6) is 0 Å². The largest absolute Gasteiger partial charge is 0.419 e. The molecule has 0 saturated heterocycles. The first-order valence-electron chi connectivity index (χ1n) is 9.12. The fraction of sp³-hybridized carbons (Fsp3) is 0.158. The summed E-state index contributed by atoms with van der Waals surface area (Å²) in [4.78, 5) is 25.4. The van der Waals surface area contributed by atoms with Gasteiger partial charge in [0.2, 0.25) is 0 Å². The molecule has 4 rings (SSSR count). The molecule has 4 aromatic rings. The van der Waals surface area contributed by atoms with E-state index in [-0.39, 0.29) is 5.13 Å². The number of hydrogen-bond acceptors (Lipinski definition) is 7. The number of anilines is 3. The van der Waals surface area contributed by atoms with Crippen LogP contribution in [0.1, 0.15) is 10.4 Å². The third-order valence-electron chi connectivity index (χ3n) is 4.23. The van der Waals surface area contributed by atoms with Crippen LogP contribution in [0.15, 0.2) is 42.2 Å². The number of carbonyl (C=O) groups is 1. The molecular formula is C19H14F4N6OS2. The second-order valence-corrected chi connectivity index (χ2v) is 8.44. The van der Waals surface area contributed by atoms with Gasteiger partial charge in [-0.1, -0.05) is 6.07 Å². The van der Waals surface area contributed by atoms with Gasteiger partial charge in [0.25, 0.3) is 0 Å². The number of alkyl halides is 3. The lowest BCUT2D eigenvalue weighted by atomic mass is 10.2. The highest BCUT2D eigenvalue weighted by Crippen LogP contribution is 2.34. The number of urea groups is 1. The van der Waals surface area contributed by atoms with E-state index in [1.807, 2.05) is 11.4 Å². The molecule has 0 unspecified atom stereocenters. The zero-order valence-corrected chi connectivity index (χ0v) is 17.7. The van der Waals surface area contributed by atoms with Crippen LogP contribution >= 0.6 is 22.7 Å². The van der Waals surface area contributed by atoms with Gasteiger partial charge in [-0.25, -0.2) is 24.1 Å². The lowest BCUT2D eigenvalue weighted by molar-refractivity contribution is -0.139. The number of thiazole rings is 1. The molecule has 0 atom stereocenters. The van der Waals surface area contributed by atoms with Crippen LogP contribution in [0.25, 0.3) is 10.2 Å². The Balaban J connectivity index is 1.32. The summed E-state index contributed by atoms with van der Waals surface area (Å²) in [5.41, 5.74) is -1.18. The summed E-state index contributed by atoms with van der Waals surface area (Å²) in [5.74, 6) is -0.819. The van der Waals surface area contributed by atoms with Crippen molar-refractivity contribution in [1.82, 2.24) is 15.0 Å². The molecule has 0 aliphatic rings. The van der Waals surface area contributed by atoms with Crippen molar-refractivity contribution in [1.29, 1.82) is 0 Å². The second-order valence-electron chi connectivity index (χ2n) is 6.41. The number of carbonyl (C=O) groups excluding carboxylic acids is 1. The highest BCUT2D eigenvalue weighted by molar-refractivity contribution is 7.17. The minimum Gasteiger partial charge on any atom is -0.368 e.